The third kappa shape index (κ3) is 1.87. The van der Waals surface area contributed by atoms with Crippen molar-refractivity contribution < 1.29 is 9.59 Å². The summed E-state index contributed by atoms with van der Waals surface area (Å²) in [5.41, 5.74) is 2.11. The molecule has 3 aliphatic rings. The van der Waals surface area contributed by atoms with Gasteiger partial charge in [0.2, 0.25) is 0 Å². The van der Waals surface area contributed by atoms with E-state index in [9.17, 15) is 9.59 Å². The zero-order valence-electron chi connectivity index (χ0n) is 12.1. The van der Waals surface area contributed by atoms with Gasteiger partial charge >= 0.3 is 0 Å². The summed E-state index contributed by atoms with van der Waals surface area (Å²) in [6.07, 6.45) is 4.72. The normalized spacial score (nSPS) is 30.5. The Balaban J connectivity index is 1.68. The molecule has 2 unspecified atom stereocenters. The van der Waals surface area contributed by atoms with E-state index >= 15 is 0 Å². The molecule has 0 aromatic heterocycles. The second kappa shape index (κ2) is 4.56. The quantitative estimate of drug-likeness (QED) is 0.804. The molecule has 0 radical (unpaired) electrons. The lowest BCUT2D eigenvalue weighted by Crippen LogP contribution is -2.48. The minimum Gasteiger partial charge on any atom is -0.365 e. The van der Waals surface area contributed by atoms with Crippen molar-refractivity contribution >= 4 is 17.5 Å². The first-order valence-corrected chi connectivity index (χ1v) is 7.62. The molecule has 0 saturated carbocycles. The fourth-order valence-corrected chi connectivity index (χ4v) is 4.15. The highest BCUT2D eigenvalue weighted by molar-refractivity contribution is 6.21. The fourth-order valence-electron chi connectivity index (χ4n) is 4.15. The van der Waals surface area contributed by atoms with E-state index in [1.807, 2.05) is 19.2 Å². The zero-order chi connectivity index (χ0) is 14.6. The maximum atomic E-state index is 11.8. The Bertz CT molecular complexity index is 614. The number of carbonyl (C=O) groups is 2. The molecule has 110 valence electrons. The lowest BCUT2D eigenvalue weighted by Gasteiger charge is -2.40. The highest BCUT2D eigenvalue weighted by atomic mass is 16.2. The number of anilines is 1. The molecule has 2 N–H and O–H groups in total. The van der Waals surface area contributed by atoms with Gasteiger partial charge in [-0.1, -0.05) is 0 Å². The summed E-state index contributed by atoms with van der Waals surface area (Å²) < 4.78 is 0. The number of imide groups is 1. The smallest absolute Gasteiger partial charge is 0.259 e. The highest BCUT2D eigenvalue weighted by Gasteiger charge is 2.41. The van der Waals surface area contributed by atoms with E-state index in [2.05, 4.69) is 15.5 Å². The fraction of sp³-hybridized carbons (Fsp3) is 0.500. The van der Waals surface area contributed by atoms with Gasteiger partial charge in [0.25, 0.3) is 11.8 Å². The number of amides is 2. The summed E-state index contributed by atoms with van der Waals surface area (Å²) in [6, 6.07) is 7.34. The van der Waals surface area contributed by atoms with Crippen molar-refractivity contribution in [1.82, 2.24) is 10.6 Å². The summed E-state index contributed by atoms with van der Waals surface area (Å²) >= 11 is 0. The molecule has 1 aromatic rings. The average molecular weight is 285 g/mol. The minimum atomic E-state index is -0.279. The Morgan fingerprint density at radius 3 is 2.43 bits per heavy atom. The van der Waals surface area contributed by atoms with E-state index in [-0.39, 0.29) is 11.8 Å². The summed E-state index contributed by atoms with van der Waals surface area (Å²) in [7, 11) is 2.03. The molecular formula is C16H19N3O2. The molecule has 3 heterocycles. The highest BCUT2D eigenvalue weighted by Crippen LogP contribution is 2.40. The molecule has 4 rings (SSSR count). The number of carbonyl (C=O) groups excluding carboxylic acids is 2. The predicted molar refractivity (Wildman–Crippen MR) is 79.6 cm³/mol. The van der Waals surface area contributed by atoms with Crippen LogP contribution in [0, 0.1) is 0 Å². The maximum Gasteiger partial charge on any atom is 0.259 e. The van der Waals surface area contributed by atoms with Crippen LogP contribution in [-0.2, 0) is 0 Å². The monoisotopic (exact) mass is 285 g/mol. The van der Waals surface area contributed by atoms with Gasteiger partial charge in [-0.2, -0.15) is 0 Å². The van der Waals surface area contributed by atoms with Gasteiger partial charge in [0, 0.05) is 23.8 Å². The van der Waals surface area contributed by atoms with Crippen molar-refractivity contribution in [3.05, 3.63) is 29.3 Å². The van der Waals surface area contributed by atoms with Crippen LogP contribution in [0.15, 0.2) is 18.2 Å². The van der Waals surface area contributed by atoms with E-state index in [1.54, 1.807) is 6.07 Å². The lowest BCUT2D eigenvalue weighted by molar-refractivity contribution is 0.0879. The van der Waals surface area contributed by atoms with Crippen LogP contribution in [0.3, 0.4) is 0 Å². The molecule has 5 nitrogen and oxygen atoms in total. The largest absolute Gasteiger partial charge is 0.365 e. The van der Waals surface area contributed by atoms with Crippen molar-refractivity contribution in [2.45, 2.75) is 43.8 Å². The van der Waals surface area contributed by atoms with Crippen LogP contribution >= 0.6 is 0 Å². The molecular weight excluding hydrogens is 266 g/mol. The topological polar surface area (TPSA) is 61.4 Å². The first-order chi connectivity index (χ1) is 10.2. The van der Waals surface area contributed by atoms with Crippen LogP contribution in [0.1, 0.15) is 46.4 Å². The van der Waals surface area contributed by atoms with Gasteiger partial charge in [-0.3, -0.25) is 14.9 Å². The summed E-state index contributed by atoms with van der Waals surface area (Å²) in [5.74, 6) is -0.548. The molecule has 5 heteroatoms. The second-order valence-corrected chi connectivity index (χ2v) is 6.26. The number of nitrogens with one attached hydrogen (secondary N) is 2. The van der Waals surface area contributed by atoms with E-state index in [0.29, 0.717) is 29.3 Å². The van der Waals surface area contributed by atoms with Crippen molar-refractivity contribution in [3.63, 3.8) is 0 Å². The van der Waals surface area contributed by atoms with Crippen LogP contribution in [0.5, 0.6) is 0 Å². The number of hydrogen-bond donors (Lipinski definition) is 2. The van der Waals surface area contributed by atoms with Crippen molar-refractivity contribution in [2.75, 3.05) is 11.9 Å². The van der Waals surface area contributed by atoms with Gasteiger partial charge in [-0.05, 0) is 50.9 Å². The van der Waals surface area contributed by atoms with Gasteiger partial charge in [0.1, 0.15) is 0 Å². The number of fused-ring (bicyclic) bond motifs is 3. The SMILES string of the molecule is CNC1CC2CCC(C1)N2c1ccc2c(c1)C(=O)NC2=O. The lowest BCUT2D eigenvalue weighted by atomic mass is 9.96. The zero-order valence-corrected chi connectivity index (χ0v) is 12.1. The third-order valence-corrected chi connectivity index (χ3v) is 5.16. The Labute approximate surface area is 123 Å². The minimum absolute atomic E-state index is 0.269. The van der Waals surface area contributed by atoms with Crippen LogP contribution < -0.4 is 15.5 Å². The Morgan fingerprint density at radius 1 is 1.10 bits per heavy atom. The first-order valence-electron chi connectivity index (χ1n) is 7.62. The van der Waals surface area contributed by atoms with Crippen molar-refractivity contribution in [3.8, 4) is 0 Å². The van der Waals surface area contributed by atoms with E-state index in [4.69, 9.17) is 0 Å². The molecule has 1 aromatic carbocycles. The van der Waals surface area contributed by atoms with Crippen LogP contribution in [0.4, 0.5) is 5.69 Å². The molecule has 0 aliphatic carbocycles. The molecule has 21 heavy (non-hydrogen) atoms. The van der Waals surface area contributed by atoms with Gasteiger partial charge < -0.3 is 10.2 Å². The third-order valence-electron chi connectivity index (χ3n) is 5.16. The Kier molecular flexibility index (Phi) is 2.79. The van der Waals surface area contributed by atoms with Crippen LogP contribution in [-0.4, -0.2) is 37.0 Å². The number of piperidine rings is 1. The molecule has 2 amide bonds. The van der Waals surface area contributed by atoms with Gasteiger partial charge in [0.05, 0.1) is 11.1 Å². The van der Waals surface area contributed by atoms with Gasteiger partial charge in [-0.15, -0.1) is 0 Å². The van der Waals surface area contributed by atoms with Crippen LogP contribution in [0.25, 0.3) is 0 Å². The summed E-state index contributed by atoms with van der Waals surface area (Å²) in [5, 5.41) is 5.76. The maximum absolute atomic E-state index is 11.8. The van der Waals surface area contributed by atoms with E-state index in [1.165, 1.54) is 12.8 Å². The van der Waals surface area contributed by atoms with E-state index < -0.39 is 0 Å². The van der Waals surface area contributed by atoms with Crippen molar-refractivity contribution in [2.24, 2.45) is 0 Å². The predicted octanol–water partition coefficient (Wildman–Crippen LogP) is 1.29. The standard InChI is InChI=1S/C16H19N3O2/c1-17-9-6-10-2-3-11(7-9)19(10)12-4-5-13-14(8-12)16(21)18-15(13)20/h4-5,8-11,17H,2-3,6-7H2,1H3,(H,18,20,21). The van der Waals surface area contributed by atoms with Crippen LogP contribution in [0.2, 0.25) is 0 Å². The van der Waals surface area contributed by atoms with E-state index in [0.717, 1.165) is 18.5 Å². The number of benzene rings is 1. The van der Waals surface area contributed by atoms with Gasteiger partial charge in [-0.25, -0.2) is 0 Å². The Hall–Kier alpha value is -1.88. The number of hydrogen-bond acceptors (Lipinski definition) is 4. The molecule has 2 atom stereocenters. The Morgan fingerprint density at radius 2 is 1.76 bits per heavy atom. The molecule has 0 spiro atoms. The molecule has 2 fully saturated rings. The summed E-state index contributed by atoms with van der Waals surface area (Å²) in [4.78, 5) is 25.9. The number of nitrogens with zero attached hydrogens (tertiary/aromatic N) is 1. The summed E-state index contributed by atoms with van der Waals surface area (Å²) in [6.45, 7) is 0. The van der Waals surface area contributed by atoms with Gasteiger partial charge in [0.15, 0.2) is 0 Å². The molecule has 3 aliphatic heterocycles. The average Bonchev–Trinajstić information content (AvgIpc) is 2.92. The second-order valence-electron chi connectivity index (χ2n) is 6.26. The van der Waals surface area contributed by atoms with Crippen molar-refractivity contribution in [1.29, 1.82) is 0 Å². The molecule has 2 bridgehead atoms. The molecule has 2 saturated heterocycles. The number of rotatable bonds is 2. The first kappa shape index (κ1) is 12.8.